The van der Waals surface area contributed by atoms with Gasteiger partial charge >= 0.3 is 0 Å². The number of allylic oxidation sites excluding steroid dienone is 1. The first kappa shape index (κ1) is 5.35. The Kier molecular flexibility index (Phi) is 1.33. The zero-order valence-electron chi connectivity index (χ0n) is 4.87. The van der Waals surface area contributed by atoms with Crippen molar-refractivity contribution in [3.05, 3.63) is 17.4 Å². The molecule has 2 heteroatoms. The van der Waals surface area contributed by atoms with Crippen LogP contribution in [0.1, 0.15) is 13.3 Å². The highest BCUT2D eigenvalue weighted by Crippen LogP contribution is 1.99. The molecule has 0 fully saturated rings. The predicted octanol–water partition coefficient (Wildman–Crippen LogP) is 0.916. The quantitative estimate of drug-likeness (QED) is 0.337. The van der Waals surface area contributed by atoms with Gasteiger partial charge in [0.15, 0.2) is 12.3 Å². The summed E-state index contributed by atoms with van der Waals surface area (Å²) >= 11 is 0. The smallest absolute Gasteiger partial charge is 0.174 e. The van der Waals surface area contributed by atoms with Gasteiger partial charge in [0, 0.05) is 6.42 Å². The molecule has 1 heterocycles. The molecule has 0 spiro atoms. The molecule has 1 aliphatic rings. The van der Waals surface area contributed by atoms with Crippen LogP contribution in [0.4, 0.5) is 0 Å². The summed E-state index contributed by atoms with van der Waals surface area (Å²) in [6.07, 6.45) is 6.21. The zero-order valence-corrected chi connectivity index (χ0v) is 4.87. The Morgan fingerprint density at radius 1 is 1.75 bits per heavy atom. The second-order valence-corrected chi connectivity index (χ2v) is 2.02. The summed E-state index contributed by atoms with van der Waals surface area (Å²) in [6.45, 7) is 1.91. The molecule has 0 aliphatic carbocycles. The van der Waals surface area contributed by atoms with Gasteiger partial charge in [-0.25, -0.2) is 4.74 Å². The predicted molar refractivity (Wildman–Crippen MR) is 32.9 cm³/mol. The second kappa shape index (κ2) is 1.99. The highest BCUT2D eigenvalue weighted by Gasteiger charge is 2.07. The molecule has 0 N–H and O–H groups in total. The normalized spacial score (nSPS) is 27.6. The molecule has 2 nitrogen and oxygen atoms in total. The lowest BCUT2D eigenvalue weighted by Crippen LogP contribution is -2.19. The van der Waals surface area contributed by atoms with Gasteiger partial charge in [0.25, 0.3) is 0 Å². The largest absolute Gasteiger partial charge is 0.624 e. The Morgan fingerprint density at radius 3 is 2.88 bits per heavy atom. The van der Waals surface area contributed by atoms with E-state index >= 15 is 0 Å². The van der Waals surface area contributed by atoms with Gasteiger partial charge in [-0.05, 0) is 13.0 Å². The summed E-state index contributed by atoms with van der Waals surface area (Å²) in [6, 6.07) is 0.139. The molecule has 1 atom stereocenters. The van der Waals surface area contributed by atoms with E-state index in [-0.39, 0.29) is 6.04 Å². The minimum Gasteiger partial charge on any atom is -0.624 e. The molecule has 0 aromatic heterocycles. The van der Waals surface area contributed by atoms with E-state index in [1.807, 2.05) is 13.0 Å². The molecule has 1 unspecified atom stereocenters. The first-order valence-electron chi connectivity index (χ1n) is 2.76. The average molecular weight is 111 g/mol. The SMILES string of the molecule is CC1CC=CC=[N+]1[O-]. The summed E-state index contributed by atoms with van der Waals surface area (Å²) in [5.74, 6) is 0. The van der Waals surface area contributed by atoms with E-state index in [1.54, 1.807) is 12.3 Å². The number of hydrogen-bond donors (Lipinski definition) is 0. The van der Waals surface area contributed by atoms with Crippen molar-refractivity contribution in [1.29, 1.82) is 0 Å². The summed E-state index contributed by atoms with van der Waals surface area (Å²) in [5, 5.41) is 10.6. The number of nitrogens with zero attached hydrogens (tertiary/aromatic N) is 1. The van der Waals surface area contributed by atoms with Gasteiger partial charge in [-0.3, -0.25) is 0 Å². The molecular weight excluding hydrogens is 102 g/mol. The average Bonchev–Trinajstić information content (AvgIpc) is 1.77. The van der Waals surface area contributed by atoms with E-state index in [9.17, 15) is 5.21 Å². The van der Waals surface area contributed by atoms with Crippen LogP contribution in [0, 0.1) is 5.21 Å². The van der Waals surface area contributed by atoms with Crippen molar-refractivity contribution in [1.82, 2.24) is 0 Å². The van der Waals surface area contributed by atoms with Crippen molar-refractivity contribution < 1.29 is 4.74 Å². The van der Waals surface area contributed by atoms with E-state index in [2.05, 4.69) is 0 Å². The fourth-order valence-corrected chi connectivity index (χ4v) is 0.672. The molecule has 44 valence electrons. The Balaban J connectivity index is 2.66. The third-order valence-corrected chi connectivity index (χ3v) is 1.28. The van der Waals surface area contributed by atoms with Crippen molar-refractivity contribution in [2.24, 2.45) is 0 Å². The maximum Gasteiger partial charge on any atom is 0.174 e. The fourth-order valence-electron chi connectivity index (χ4n) is 0.672. The lowest BCUT2D eigenvalue weighted by atomic mass is 10.2. The molecule has 1 aliphatic heterocycles. The topological polar surface area (TPSA) is 26.1 Å². The highest BCUT2D eigenvalue weighted by molar-refractivity contribution is 5.66. The molecule has 0 radical (unpaired) electrons. The fraction of sp³-hybridized carbons (Fsp3) is 0.500. The van der Waals surface area contributed by atoms with Crippen molar-refractivity contribution in [3.63, 3.8) is 0 Å². The molecule has 8 heavy (non-hydrogen) atoms. The number of hydroxylamine groups is 1. The maximum absolute atomic E-state index is 10.6. The summed E-state index contributed by atoms with van der Waals surface area (Å²) in [5.41, 5.74) is 0. The maximum atomic E-state index is 10.6. The zero-order chi connectivity index (χ0) is 5.98. The van der Waals surface area contributed by atoms with E-state index in [0.29, 0.717) is 0 Å². The molecule has 0 saturated heterocycles. The van der Waals surface area contributed by atoms with Crippen molar-refractivity contribution in [3.8, 4) is 0 Å². The lowest BCUT2D eigenvalue weighted by molar-refractivity contribution is -0.492. The van der Waals surface area contributed by atoms with Gasteiger partial charge in [-0.2, -0.15) is 0 Å². The van der Waals surface area contributed by atoms with Gasteiger partial charge < -0.3 is 5.21 Å². The Labute approximate surface area is 48.7 Å². The molecule has 0 amide bonds. The Hall–Kier alpha value is -0.790. The lowest BCUT2D eigenvalue weighted by Gasteiger charge is -2.11. The van der Waals surface area contributed by atoms with Crippen LogP contribution in [0.15, 0.2) is 12.2 Å². The van der Waals surface area contributed by atoms with Crippen LogP contribution < -0.4 is 0 Å². The second-order valence-electron chi connectivity index (χ2n) is 2.02. The van der Waals surface area contributed by atoms with Crippen LogP contribution in [0.3, 0.4) is 0 Å². The molecule has 0 aromatic rings. The Bertz CT molecular complexity index is 137. The summed E-state index contributed by atoms with van der Waals surface area (Å²) in [7, 11) is 0. The van der Waals surface area contributed by atoms with E-state index < -0.39 is 0 Å². The van der Waals surface area contributed by atoms with Crippen molar-refractivity contribution in [2.75, 3.05) is 0 Å². The van der Waals surface area contributed by atoms with Crippen LogP contribution >= 0.6 is 0 Å². The first-order valence-corrected chi connectivity index (χ1v) is 2.76. The molecule has 1 rings (SSSR count). The van der Waals surface area contributed by atoms with E-state index in [4.69, 9.17) is 0 Å². The monoisotopic (exact) mass is 111 g/mol. The van der Waals surface area contributed by atoms with Crippen molar-refractivity contribution >= 4 is 6.21 Å². The van der Waals surface area contributed by atoms with Crippen molar-refractivity contribution in [2.45, 2.75) is 19.4 Å². The van der Waals surface area contributed by atoms with E-state index in [0.717, 1.165) is 11.2 Å². The van der Waals surface area contributed by atoms with Crippen LogP contribution in [0.25, 0.3) is 0 Å². The molecular formula is C6H9NO. The van der Waals surface area contributed by atoms with Crippen LogP contribution in [0.2, 0.25) is 0 Å². The van der Waals surface area contributed by atoms with Crippen LogP contribution in [-0.4, -0.2) is 17.0 Å². The third kappa shape index (κ3) is 0.886. The molecule has 0 bridgehead atoms. The summed E-state index contributed by atoms with van der Waals surface area (Å²) < 4.78 is 0.972. The van der Waals surface area contributed by atoms with Gasteiger partial charge in [0.1, 0.15) is 0 Å². The highest BCUT2D eigenvalue weighted by atomic mass is 16.5. The minimum atomic E-state index is 0.139. The first-order chi connectivity index (χ1) is 3.80. The van der Waals surface area contributed by atoms with Crippen LogP contribution in [0.5, 0.6) is 0 Å². The molecule has 0 saturated carbocycles. The molecule has 0 aromatic carbocycles. The summed E-state index contributed by atoms with van der Waals surface area (Å²) in [4.78, 5) is 0. The third-order valence-electron chi connectivity index (χ3n) is 1.28. The van der Waals surface area contributed by atoms with Gasteiger partial charge in [0.05, 0.1) is 0 Å². The standard InChI is InChI=1S/C6H9NO/c1-6-4-2-3-5-7(6)8/h2-3,5-6H,4H2,1H3. The van der Waals surface area contributed by atoms with Gasteiger partial charge in [-0.15, -0.1) is 0 Å². The van der Waals surface area contributed by atoms with Gasteiger partial charge in [-0.1, -0.05) is 6.08 Å². The number of hydrogen-bond acceptors (Lipinski definition) is 1. The Morgan fingerprint density at radius 2 is 2.50 bits per heavy atom. The van der Waals surface area contributed by atoms with Crippen LogP contribution in [-0.2, 0) is 0 Å². The minimum absolute atomic E-state index is 0.139. The number of rotatable bonds is 0. The van der Waals surface area contributed by atoms with E-state index in [1.165, 1.54) is 0 Å². The van der Waals surface area contributed by atoms with Gasteiger partial charge in [0.2, 0.25) is 0 Å².